The Morgan fingerprint density at radius 3 is 2.79 bits per heavy atom. The molecule has 2 aromatic heterocycles. The maximum atomic E-state index is 11.0. The summed E-state index contributed by atoms with van der Waals surface area (Å²) in [6.45, 7) is 1.91. The van der Waals surface area contributed by atoms with E-state index in [0.717, 1.165) is 21.1 Å². The number of hydrogen-bond donors (Lipinski definition) is 1. The lowest BCUT2D eigenvalue weighted by atomic mass is 10.2. The molecule has 0 spiro atoms. The number of nitrogens with zero attached hydrogens (tertiary/aromatic N) is 5. The number of benzene rings is 2. The van der Waals surface area contributed by atoms with Crippen molar-refractivity contribution in [1.82, 2.24) is 19.9 Å². The fourth-order valence-corrected chi connectivity index (χ4v) is 3.92. The van der Waals surface area contributed by atoms with Crippen LogP contribution in [0.25, 0.3) is 21.3 Å². The summed E-state index contributed by atoms with van der Waals surface area (Å²) in [4.78, 5) is 16.0. The van der Waals surface area contributed by atoms with E-state index < -0.39 is 4.92 Å². The van der Waals surface area contributed by atoms with Gasteiger partial charge in [0.05, 0.1) is 21.7 Å². The van der Waals surface area contributed by atoms with Gasteiger partial charge < -0.3 is 0 Å². The van der Waals surface area contributed by atoms with Crippen molar-refractivity contribution in [3.8, 4) is 21.3 Å². The first-order chi connectivity index (χ1) is 14.0. The number of nitro groups is 1. The molecule has 0 aliphatic heterocycles. The molecule has 144 valence electrons. The summed E-state index contributed by atoms with van der Waals surface area (Å²) in [5.41, 5.74) is 2.41. The number of aromatic nitrogens is 4. The third-order valence-electron chi connectivity index (χ3n) is 4.07. The van der Waals surface area contributed by atoms with Crippen LogP contribution in [0.2, 0.25) is 0 Å². The second-order valence-corrected chi connectivity index (χ2v) is 7.45. The van der Waals surface area contributed by atoms with Crippen molar-refractivity contribution in [2.45, 2.75) is 6.92 Å². The molecule has 2 heterocycles. The molecule has 1 N–H and O–H groups in total. The smallest absolute Gasteiger partial charge is 0.258 e. The van der Waals surface area contributed by atoms with Gasteiger partial charge in [-0.05, 0) is 19.1 Å². The Morgan fingerprint density at radius 2 is 2.03 bits per heavy atom. The molecular weight excluding hydrogens is 408 g/mol. The molecule has 0 saturated heterocycles. The van der Waals surface area contributed by atoms with E-state index in [-0.39, 0.29) is 5.69 Å². The number of H-pyrrole nitrogens is 1. The number of nitro benzene ring substituents is 1. The lowest BCUT2D eigenvalue weighted by molar-refractivity contribution is -0.384. The van der Waals surface area contributed by atoms with Crippen molar-refractivity contribution in [1.29, 1.82) is 0 Å². The zero-order valence-corrected chi connectivity index (χ0v) is 16.8. The van der Waals surface area contributed by atoms with Crippen molar-refractivity contribution in [2.75, 3.05) is 0 Å². The number of rotatable bonds is 5. The van der Waals surface area contributed by atoms with Gasteiger partial charge in [0.2, 0.25) is 4.77 Å². The van der Waals surface area contributed by atoms with Crippen LogP contribution in [-0.2, 0) is 0 Å². The van der Waals surface area contributed by atoms with Crippen LogP contribution in [-0.4, -0.2) is 31.0 Å². The largest absolute Gasteiger partial charge is 0.270 e. The molecule has 0 atom stereocenters. The van der Waals surface area contributed by atoms with Crippen LogP contribution in [0, 0.1) is 21.8 Å². The standard InChI is InChI=1S/C19H14N6O2S2/c1-12-16(29-18(21-12)14-7-3-2-4-8-14)17-22-23-19(28)24(17)20-11-13-6-5-9-15(10-13)25(26)27/h2-11H,1H3,(H,23,28)/b20-11+. The van der Waals surface area contributed by atoms with Gasteiger partial charge in [-0.3, -0.25) is 10.1 Å². The Balaban J connectivity index is 1.72. The minimum atomic E-state index is -0.446. The minimum Gasteiger partial charge on any atom is -0.258 e. The van der Waals surface area contributed by atoms with Crippen LogP contribution >= 0.6 is 23.6 Å². The van der Waals surface area contributed by atoms with Crippen molar-refractivity contribution >= 4 is 35.5 Å². The van der Waals surface area contributed by atoms with E-state index >= 15 is 0 Å². The van der Waals surface area contributed by atoms with Crippen LogP contribution < -0.4 is 0 Å². The third kappa shape index (κ3) is 3.89. The van der Waals surface area contributed by atoms with Gasteiger partial charge in [-0.2, -0.15) is 14.9 Å². The highest BCUT2D eigenvalue weighted by Gasteiger charge is 2.17. The van der Waals surface area contributed by atoms with Crippen molar-refractivity contribution in [3.63, 3.8) is 0 Å². The lowest BCUT2D eigenvalue weighted by Crippen LogP contribution is -1.95. The number of non-ortho nitro benzene ring substituents is 1. The molecule has 4 rings (SSSR count). The van der Waals surface area contributed by atoms with Gasteiger partial charge in [-0.25, -0.2) is 10.1 Å². The molecule has 0 bridgehead atoms. The highest BCUT2D eigenvalue weighted by atomic mass is 32.1. The molecule has 4 aromatic rings. The average molecular weight is 422 g/mol. The highest BCUT2D eigenvalue weighted by Crippen LogP contribution is 2.34. The molecule has 10 heteroatoms. The molecule has 0 aliphatic carbocycles. The molecule has 29 heavy (non-hydrogen) atoms. The van der Waals surface area contributed by atoms with E-state index in [0.29, 0.717) is 16.2 Å². The van der Waals surface area contributed by atoms with Gasteiger partial charge in [0.1, 0.15) is 5.01 Å². The number of hydrogen-bond acceptors (Lipinski definition) is 7. The monoisotopic (exact) mass is 422 g/mol. The van der Waals surface area contributed by atoms with Gasteiger partial charge in [-0.15, -0.1) is 11.3 Å². The fourth-order valence-electron chi connectivity index (χ4n) is 2.70. The first-order valence-corrected chi connectivity index (χ1v) is 9.75. The topological polar surface area (TPSA) is 102 Å². The second kappa shape index (κ2) is 7.86. The van der Waals surface area contributed by atoms with E-state index in [2.05, 4.69) is 20.3 Å². The molecule has 0 unspecified atom stereocenters. The Labute approximate surface area is 174 Å². The molecule has 2 aromatic carbocycles. The van der Waals surface area contributed by atoms with Gasteiger partial charge in [0, 0.05) is 23.3 Å². The summed E-state index contributed by atoms with van der Waals surface area (Å²) in [7, 11) is 0. The van der Waals surface area contributed by atoms with Crippen LogP contribution in [0.5, 0.6) is 0 Å². The Kier molecular flexibility index (Phi) is 5.10. The Morgan fingerprint density at radius 1 is 1.24 bits per heavy atom. The van der Waals surface area contributed by atoms with Gasteiger partial charge in [-0.1, -0.05) is 42.5 Å². The van der Waals surface area contributed by atoms with E-state index in [1.165, 1.54) is 34.4 Å². The summed E-state index contributed by atoms with van der Waals surface area (Å²) in [5.74, 6) is 0.536. The molecule has 0 amide bonds. The fraction of sp³-hybridized carbons (Fsp3) is 0.0526. The predicted octanol–water partition coefficient (Wildman–Crippen LogP) is 4.83. The van der Waals surface area contributed by atoms with Gasteiger partial charge >= 0.3 is 0 Å². The number of nitrogens with one attached hydrogen (secondary N) is 1. The third-order valence-corrected chi connectivity index (χ3v) is 5.54. The van der Waals surface area contributed by atoms with Gasteiger partial charge in [0.15, 0.2) is 5.82 Å². The first kappa shape index (κ1) is 18.8. The zero-order chi connectivity index (χ0) is 20.4. The van der Waals surface area contributed by atoms with Crippen LogP contribution in [0.15, 0.2) is 59.7 Å². The number of thiazole rings is 1. The maximum Gasteiger partial charge on any atom is 0.270 e. The van der Waals surface area contributed by atoms with E-state index in [9.17, 15) is 10.1 Å². The first-order valence-electron chi connectivity index (χ1n) is 8.52. The highest BCUT2D eigenvalue weighted by molar-refractivity contribution is 7.71. The summed E-state index contributed by atoms with van der Waals surface area (Å²) >= 11 is 6.80. The normalized spacial score (nSPS) is 11.2. The van der Waals surface area contributed by atoms with E-state index in [1.807, 2.05) is 37.3 Å². The predicted molar refractivity (Wildman–Crippen MR) is 115 cm³/mol. The maximum absolute atomic E-state index is 11.0. The molecule has 8 nitrogen and oxygen atoms in total. The summed E-state index contributed by atoms with van der Waals surface area (Å²) < 4.78 is 1.81. The van der Waals surface area contributed by atoms with E-state index in [1.54, 1.807) is 12.1 Å². The van der Waals surface area contributed by atoms with Crippen LogP contribution in [0.4, 0.5) is 5.69 Å². The Hall–Kier alpha value is -3.50. The molecule has 0 saturated carbocycles. The number of aryl methyl sites for hydroxylation is 1. The lowest BCUT2D eigenvalue weighted by Gasteiger charge is -1.99. The molecule has 0 fully saturated rings. The van der Waals surface area contributed by atoms with Gasteiger partial charge in [0.25, 0.3) is 5.69 Å². The van der Waals surface area contributed by atoms with Crippen molar-refractivity contribution < 1.29 is 4.92 Å². The number of aromatic amines is 1. The molecule has 0 aliphatic rings. The SMILES string of the molecule is Cc1nc(-c2ccccc2)sc1-c1n[nH]c(=S)n1/N=C/c1cccc([N+](=O)[O-])c1. The second-order valence-electron chi connectivity index (χ2n) is 6.06. The van der Waals surface area contributed by atoms with E-state index in [4.69, 9.17) is 12.2 Å². The average Bonchev–Trinajstić information content (AvgIpc) is 3.29. The minimum absolute atomic E-state index is 0.00392. The van der Waals surface area contributed by atoms with Crippen LogP contribution in [0.3, 0.4) is 0 Å². The molecule has 0 radical (unpaired) electrons. The van der Waals surface area contributed by atoms with Crippen LogP contribution in [0.1, 0.15) is 11.3 Å². The van der Waals surface area contributed by atoms with Crippen molar-refractivity contribution in [2.24, 2.45) is 5.10 Å². The van der Waals surface area contributed by atoms with Crippen molar-refractivity contribution in [3.05, 3.63) is 80.7 Å². The quantitative estimate of drug-likeness (QED) is 0.215. The summed E-state index contributed by atoms with van der Waals surface area (Å²) in [6.07, 6.45) is 1.51. The summed E-state index contributed by atoms with van der Waals surface area (Å²) in [6, 6.07) is 16.1. The molecular formula is C19H14N6O2S2. The summed E-state index contributed by atoms with van der Waals surface area (Å²) in [5, 5.41) is 23.3. The zero-order valence-electron chi connectivity index (χ0n) is 15.1. The Bertz CT molecular complexity index is 1270.